The summed E-state index contributed by atoms with van der Waals surface area (Å²) in [7, 11) is 1.83. The first-order chi connectivity index (χ1) is 7.15. The molecule has 1 aromatic rings. The fourth-order valence-corrected chi connectivity index (χ4v) is 1.31. The summed E-state index contributed by atoms with van der Waals surface area (Å²) in [6.45, 7) is 4.84. The van der Waals surface area contributed by atoms with E-state index in [2.05, 4.69) is 11.9 Å². The standard InChI is InChI=1S/C12H18N2O/c1-4-5-8-14(3)12(15)11-7-6-10(2)13-9-11/h6-7,9H,4-5,8H2,1-3H3. The Morgan fingerprint density at radius 3 is 2.73 bits per heavy atom. The van der Waals surface area contributed by atoms with Gasteiger partial charge in [-0.2, -0.15) is 0 Å². The highest BCUT2D eigenvalue weighted by molar-refractivity contribution is 5.93. The summed E-state index contributed by atoms with van der Waals surface area (Å²) in [6.07, 6.45) is 3.78. The number of hydrogen-bond acceptors (Lipinski definition) is 2. The minimum atomic E-state index is 0.0518. The van der Waals surface area contributed by atoms with Gasteiger partial charge in [0.05, 0.1) is 5.56 Å². The van der Waals surface area contributed by atoms with Crippen LogP contribution in [0.3, 0.4) is 0 Å². The van der Waals surface area contributed by atoms with E-state index < -0.39 is 0 Å². The first-order valence-corrected chi connectivity index (χ1v) is 5.33. The number of rotatable bonds is 4. The molecule has 0 aromatic carbocycles. The maximum absolute atomic E-state index is 11.8. The summed E-state index contributed by atoms with van der Waals surface area (Å²) in [5, 5.41) is 0. The third kappa shape index (κ3) is 3.35. The molecule has 1 heterocycles. The first kappa shape index (κ1) is 11.7. The molecule has 15 heavy (non-hydrogen) atoms. The number of amides is 1. The molecule has 0 aliphatic rings. The second-order valence-electron chi connectivity index (χ2n) is 3.77. The van der Waals surface area contributed by atoms with Crippen LogP contribution in [0.1, 0.15) is 35.8 Å². The van der Waals surface area contributed by atoms with Gasteiger partial charge in [-0.15, -0.1) is 0 Å². The molecule has 0 unspecified atom stereocenters. The third-order valence-corrected chi connectivity index (χ3v) is 2.35. The van der Waals surface area contributed by atoms with Crippen molar-refractivity contribution in [2.75, 3.05) is 13.6 Å². The molecule has 3 heteroatoms. The predicted molar refractivity (Wildman–Crippen MR) is 60.8 cm³/mol. The Morgan fingerprint density at radius 2 is 2.20 bits per heavy atom. The Bertz CT molecular complexity index is 319. The zero-order valence-electron chi connectivity index (χ0n) is 9.66. The van der Waals surface area contributed by atoms with E-state index in [4.69, 9.17) is 0 Å². The van der Waals surface area contributed by atoms with Crippen molar-refractivity contribution in [2.24, 2.45) is 0 Å². The molecule has 1 rings (SSSR count). The summed E-state index contributed by atoms with van der Waals surface area (Å²) in [6, 6.07) is 3.69. The van der Waals surface area contributed by atoms with Crippen LogP contribution in [-0.2, 0) is 0 Å². The number of nitrogens with zero attached hydrogens (tertiary/aromatic N) is 2. The van der Waals surface area contributed by atoms with E-state index in [1.54, 1.807) is 11.1 Å². The number of carbonyl (C=O) groups excluding carboxylic acids is 1. The molecule has 0 atom stereocenters. The van der Waals surface area contributed by atoms with Crippen LogP contribution in [0.25, 0.3) is 0 Å². The van der Waals surface area contributed by atoms with Gasteiger partial charge in [0.15, 0.2) is 0 Å². The van der Waals surface area contributed by atoms with Crippen LogP contribution < -0.4 is 0 Å². The Balaban J connectivity index is 2.63. The van der Waals surface area contributed by atoms with Crippen molar-refractivity contribution in [3.05, 3.63) is 29.6 Å². The smallest absolute Gasteiger partial charge is 0.255 e. The highest BCUT2D eigenvalue weighted by atomic mass is 16.2. The number of aryl methyl sites for hydroxylation is 1. The minimum Gasteiger partial charge on any atom is -0.342 e. The van der Waals surface area contributed by atoms with Crippen molar-refractivity contribution < 1.29 is 4.79 Å². The topological polar surface area (TPSA) is 33.2 Å². The molecule has 0 spiro atoms. The second-order valence-corrected chi connectivity index (χ2v) is 3.77. The van der Waals surface area contributed by atoms with Crippen LogP contribution in [-0.4, -0.2) is 29.4 Å². The van der Waals surface area contributed by atoms with Gasteiger partial charge in [-0.05, 0) is 25.5 Å². The molecule has 0 fully saturated rings. The van der Waals surface area contributed by atoms with Crippen molar-refractivity contribution in [1.29, 1.82) is 0 Å². The van der Waals surface area contributed by atoms with Gasteiger partial charge in [0, 0.05) is 25.5 Å². The Morgan fingerprint density at radius 1 is 1.47 bits per heavy atom. The van der Waals surface area contributed by atoms with Crippen LogP contribution in [0.4, 0.5) is 0 Å². The third-order valence-electron chi connectivity index (χ3n) is 2.35. The van der Waals surface area contributed by atoms with Gasteiger partial charge in [0.25, 0.3) is 5.91 Å². The van der Waals surface area contributed by atoms with Crippen molar-refractivity contribution >= 4 is 5.91 Å². The lowest BCUT2D eigenvalue weighted by atomic mass is 10.2. The molecular formula is C12H18N2O. The van der Waals surface area contributed by atoms with Crippen molar-refractivity contribution in [2.45, 2.75) is 26.7 Å². The molecule has 0 N–H and O–H groups in total. The van der Waals surface area contributed by atoms with Gasteiger partial charge in [-0.25, -0.2) is 0 Å². The average Bonchev–Trinajstić information content (AvgIpc) is 2.26. The number of aromatic nitrogens is 1. The zero-order chi connectivity index (χ0) is 11.3. The molecule has 0 aliphatic carbocycles. The number of carbonyl (C=O) groups is 1. The van der Waals surface area contributed by atoms with Gasteiger partial charge in [-0.3, -0.25) is 9.78 Å². The van der Waals surface area contributed by atoms with Gasteiger partial charge >= 0.3 is 0 Å². The summed E-state index contributed by atoms with van der Waals surface area (Å²) >= 11 is 0. The number of hydrogen-bond donors (Lipinski definition) is 0. The van der Waals surface area contributed by atoms with Gasteiger partial charge in [0.2, 0.25) is 0 Å². The molecule has 1 amide bonds. The van der Waals surface area contributed by atoms with Crippen molar-refractivity contribution in [3.63, 3.8) is 0 Å². The zero-order valence-corrected chi connectivity index (χ0v) is 9.66. The van der Waals surface area contributed by atoms with Crippen LogP contribution >= 0.6 is 0 Å². The molecule has 0 saturated carbocycles. The van der Waals surface area contributed by atoms with Crippen molar-refractivity contribution in [1.82, 2.24) is 9.88 Å². The Kier molecular flexibility index (Phi) is 4.28. The van der Waals surface area contributed by atoms with E-state index in [1.807, 2.05) is 26.1 Å². The maximum Gasteiger partial charge on any atom is 0.255 e. The van der Waals surface area contributed by atoms with Gasteiger partial charge in [-0.1, -0.05) is 13.3 Å². The number of pyridine rings is 1. The van der Waals surface area contributed by atoms with E-state index in [9.17, 15) is 4.79 Å². The average molecular weight is 206 g/mol. The first-order valence-electron chi connectivity index (χ1n) is 5.33. The van der Waals surface area contributed by atoms with Crippen LogP contribution in [0.5, 0.6) is 0 Å². The quantitative estimate of drug-likeness (QED) is 0.757. The Labute approximate surface area is 91.1 Å². The lowest BCUT2D eigenvalue weighted by Gasteiger charge is -2.16. The normalized spacial score (nSPS) is 10.1. The molecule has 0 aliphatic heterocycles. The SMILES string of the molecule is CCCCN(C)C(=O)c1ccc(C)nc1. The molecule has 0 radical (unpaired) electrons. The van der Waals surface area contributed by atoms with Crippen molar-refractivity contribution in [3.8, 4) is 0 Å². The second kappa shape index (κ2) is 5.49. The van der Waals surface area contributed by atoms with Gasteiger partial charge < -0.3 is 4.90 Å². The minimum absolute atomic E-state index is 0.0518. The predicted octanol–water partition coefficient (Wildman–Crippen LogP) is 2.26. The van der Waals surface area contributed by atoms with E-state index in [-0.39, 0.29) is 5.91 Å². The lowest BCUT2D eigenvalue weighted by Crippen LogP contribution is -2.27. The fraction of sp³-hybridized carbons (Fsp3) is 0.500. The van der Waals surface area contributed by atoms with E-state index in [0.717, 1.165) is 25.1 Å². The largest absolute Gasteiger partial charge is 0.342 e. The maximum atomic E-state index is 11.8. The van der Waals surface area contributed by atoms with Crippen LogP contribution in [0, 0.1) is 6.92 Å². The van der Waals surface area contributed by atoms with Gasteiger partial charge in [0.1, 0.15) is 0 Å². The van der Waals surface area contributed by atoms with Crippen LogP contribution in [0.2, 0.25) is 0 Å². The fourth-order valence-electron chi connectivity index (χ4n) is 1.31. The Hall–Kier alpha value is -1.38. The molecular weight excluding hydrogens is 188 g/mol. The molecule has 82 valence electrons. The summed E-state index contributed by atoms with van der Waals surface area (Å²) < 4.78 is 0. The molecule has 1 aromatic heterocycles. The number of unbranched alkanes of at least 4 members (excludes halogenated alkanes) is 1. The van der Waals surface area contributed by atoms with Crippen LogP contribution in [0.15, 0.2) is 18.3 Å². The lowest BCUT2D eigenvalue weighted by molar-refractivity contribution is 0.0793. The molecule has 0 bridgehead atoms. The summed E-state index contributed by atoms with van der Waals surface area (Å²) in [5.41, 5.74) is 1.60. The highest BCUT2D eigenvalue weighted by Crippen LogP contribution is 2.04. The molecule has 3 nitrogen and oxygen atoms in total. The van der Waals surface area contributed by atoms with E-state index in [1.165, 1.54) is 0 Å². The molecule has 0 saturated heterocycles. The van der Waals surface area contributed by atoms with E-state index >= 15 is 0 Å². The summed E-state index contributed by atoms with van der Waals surface area (Å²) in [4.78, 5) is 17.7. The monoisotopic (exact) mass is 206 g/mol. The van der Waals surface area contributed by atoms with E-state index in [0.29, 0.717) is 5.56 Å². The summed E-state index contributed by atoms with van der Waals surface area (Å²) in [5.74, 6) is 0.0518. The highest BCUT2D eigenvalue weighted by Gasteiger charge is 2.10.